The standard InChI is InChI=1S/C12H16N4O/c17-12(10-5-7-13-8-6-10)15-14-11-4-2-1-3-9-16(11)12/h5-8,15,17H,1-4,9H2/t12-/m0/s1. The van der Waals surface area contributed by atoms with Crippen molar-refractivity contribution < 1.29 is 5.11 Å². The summed E-state index contributed by atoms with van der Waals surface area (Å²) in [5, 5.41) is 15.0. The smallest absolute Gasteiger partial charge is 0.260 e. The second-order valence-electron chi connectivity index (χ2n) is 4.51. The maximum Gasteiger partial charge on any atom is 0.260 e. The van der Waals surface area contributed by atoms with E-state index in [0.29, 0.717) is 0 Å². The van der Waals surface area contributed by atoms with Gasteiger partial charge in [-0.25, -0.2) is 0 Å². The number of aliphatic hydroxyl groups is 1. The summed E-state index contributed by atoms with van der Waals surface area (Å²) in [6.07, 6.45) is 7.73. The fourth-order valence-corrected chi connectivity index (χ4v) is 2.47. The van der Waals surface area contributed by atoms with Gasteiger partial charge in [-0.1, -0.05) is 6.42 Å². The van der Waals surface area contributed by atoms with Crippen LogP contribution in [0.1, 0.15) is 31.2 Å². The Morgan fingerprint density at radius 3 is 2.88 bits per heavy atom. The van der Waals surface area contributed by atoms with Gasteiger partial charge in [0.2, 0.25) is 0 Å². The van der Waals surface area contributed by atoms with E-state index in [4.69, 9.17) is 0 Å². The van der Waals surface area contributed by atoms with Gasteiger partial charge in [-0.3, -0.25) is 10.4 Å². The molecule has 0 aliphatic carbocycles. The van der Waals surface area contributed by atoms with Crippen molar-refractivity contribution in [3.63, 3.8) is 0 Å². The van der Waals surface area contributed by atoms with Crippen LogP contribution in [0.25, 0.3) is 0 Å². The molecule has 0 spiro atoms. The molecule has 2 aliphatic heterocycles. The molecule has 3 heterocycles. The summed E-state index contributed by atoms with van der Waals surface area (Å²) in [6, 6.07) is 3.63. The summed E-state index contributed by atoms with van der Waals surface area (Å²) in [6.45, 7) is 0.838. The second kappa shape index (κ2) is 4.00. The minimum atomic E-state index is -1.19. The van der Waals surface area contributed by atoms with Crippen molar-refractivity contribution >= 4 is 5.84 Å². The topological polar surface area (TPSA) is 60.8 Å². The van der Waals surface area contributed by atoms with Gasteiger partial charge >= 0.3 is 0 Å². The molecule has 90 valence electrons. The molecule has 1 atom stereocenters. The van der Waals surface area contributed by atoms with Gasteiger partial charge in [0.25, 0.3) is 5.85 Å². The van der Waals surface area contributed by atoms with E-state index in [9.17, 15) is 5.11 Å². The number of hydrogen-bond acceptors (Lipinski definition) is 5. The number of rotatable bonds is 1. The van der Waals surface area contributed by atoms with Gasteiger partial charge in [-0.05, 0) is 25.0 Å². The molecule has 0 aromatic carbocycles. The number of aromatic nitrogens is 1. The van der Waals surface area contributed by atoms with E-state index in [1.165, 1.54) is 6.42 Å². The number of pyridine rings is 1. The highest BCUT2D eigenvalue weighted by Gasteiger charge is 2.42. The van der Waals surface area contributed by atoms with Gasteiger partial charge < -0.3 is 10.0 Å². The molecule has 0 bridgehead atoms. The zero-order valence-corrected chi connectivity index (χ0v) is 9.63. The van der Waals surface area contributed by atoms with Crippen molar-refractivity contribution in [3.8, 4) is 0 Å². The Balaban J connectivity index is 1.94. The van der Waals surface area contributed by atoms with E-state index in [0.717, 1.165) is 37.2 Å². The lowest BCUT2D eigenvalue weighted by Gasteiger charge is -2.34. The van der Waals surface area contributed by atoms with Crippen LogP contribution < -0.4 is 5.43 Å². The number of hydrogen-bond donors (Lipinski definition) is 2. The van der Waals surface area contributed by atoms with Crippen LogP contribution >= 0.6 is 0 Å². The average Bonchev–Trinajstić information content (AvgIpc) is 2.57. The van der Waals surface area contributed by atoms with Crippen molar-refractivity contribution in [1.82, 2.24) is 15.3 Å². The van der Waals surface area contributed by atoms with Crippen LogP contribution in [0.15, 0.2) is 29.6 Å². The first-order valence-corrected chi connectivity index (χ1v) is 6.05. The maximum atomic E-state index is 10.8. The number of nitrogens with one attached hydrogen (secondary N) is 1. The number of hydrazone groups is 1. The first-order valence-electron chi connectivity index (χ1n) is 6.05. The maximum absolute atomic E-state index is 10.8. The van der Waals surface area contributed by atoms with E-state index in [1.54, 1.807) is 12.4 Å². The van der Waals surface area contributed by atoms with E-state index < -0.39 is 5.85 Å². The predicted molar refractivity (Wildman–Crippen MR) is 63.9 cm³/mol. The molecule has 17 heavy (non-hydrogen) atoms. The van der Waals surface area contributed by atoms with E-state index in [-0.39, 0.29) is 0 Å². The van der Waals surface area contributed by atoms with Crippen molar-refractivity contribution in [2.75, 3.05) is 6.54 Å². The lowest BCUT2D eigenvalue weighted by molar-refractivity contribution is -0.0915. The average molecular weight is 232 g/mol. The highest BCUT2D eigenvalue weighted by molar-refractivity contribution is 5.84. The zero-order valence-electron chi connectivity index (χ0n) is 9.63. The number of nitrogens with zero attached hydrogens (tertiary/aromatic N) is 3. The highest BCUT2D eigenvalue weighted by Crippen LogP contribution is 2.30. The molecular weight excluding hydrogens is 216 g/mol. The lowest BCUT2D eigenvalue weighted by Crippen LogP contribution is -2.51. The van der Waals surface area contributed by atoms with Gasteiger partial charge in [-0.2, -0.15) is 5.10 Å². The van der Waals surface area contributed by atoms with Crippen LogP contribution in [-0.4, -0.2) is 27.4 Å². The predicted octanol–water partition coefficient (Wildman–Crippen LogP) is 0.977. The van der Waals surface area contributed by atoms with Crippen molar-refractivity contribution in [2.24, 2.45) is 5.10 Å². The molecule has 1 aromatic heterocycles. The van der Waals surface area contributed by atoms with E-state index in [1.807, 2.05) is 17.0 Å². The number of fused-ring (bicyclic) bond motifs is 1. The molecule has 2 aliphatic rings. The Hall–Kier alpha value is -1.62. The van der Waals surface area contributed by atoms with Gasteiger partial charge in [0, 0.05) is 30.9 Å². The monoisotopic (exact) mass is 232 g/mol. The fraction of sp³-hybridized carbons (Fsp3) is 0.500. The van der Waals surface area contributed by atoms with Crippen LogP contribution in [0.3, 0.4) is 0 Å². The zero-order chi connectivity index (χ0) is 11.7. The minimum absolute atomic E-state index is 0.785. The Bertz CT molecular complexity index is 433. The highest BCUT2D eigenvalue weighted by atomic mass is 16.3. The van der Waals surface area contributed by atoms with Gasteiger partial charge in [0.15, 0.2) is 0 Å². The van der Waals surface area contributed by atoms with Crippen LogP contribution in [0.5, 0.6) is 0 Å². The molecule has 0 unspecified atom stereocenters. The largest absolute Gasteiger partial charge is 0.349 e. The molecule has 5 nitrogen and oxygen atoms in total. The number of amidine groups is 1. The summed E-state index contributed by atoms with van der Waals surface area (Å²) in [7, 11) is 0. The van der Waals surface area contributed by atoms with Gasteiger partial charge in [0.05, 0.1) is 0 Å². The molecule has 1 saturated heterocycles. The Kier molecular flexibility index (Phi) is 2.48. The SMILES string of the molecule is O[C@@]1(c2ccncc2)NN=C2CCCCCN21. The van der Waals surface area contributed by atoms with Gasteiger partial charge in [-0.15, -0.1) is 0 Å². The Morgan fingerprint density at radius 2 is 2.06 bits per heavy atom. The molecule has 1 fully saturated rings. The Morgan fingerprint density at radius 1 is 1.24 bits per heavy atom. The summed E-state index contributed by atoms with van der Waals surface area (Å²) in [5.74, 6) is -0.232. The molecule has 0 saturated carbocycles. The van der Waals surface area contributed by atoms with Crippen LogP contribution in [0, 0.1) is 0 Å². The quantitative estimate of drug-likeness (QED) is 0.757. The summed E-state index contributed by atoms with van der Waals surface area (Å²) < 4.78 is 0. The minimum Gasteiger partial charge on any atom is -0.349 e. The van der Waals surface area contributed by atoms with Crippen LogP contribution in [-0.2, 0) is 5.85 Å². The second-order valence-corrected chi connectivity index (χ2v) is 4.51. The molecule has 5 heteroatoms. The molecule has 1 aromatic rings. The van der Waals surface area contributed by atoms with E-state index >= 15 is 0 Å². The summed E-state index contributed by atoms with van der Waals surface area (Å²) in [5.41, 5.74) is 3.65. The third-order valence-electron chi connectivity index (χ3n) is 3.41. The van der Waals surface area contributed by atoms with Crippen LogP contribution in [0.2, 0.25) is 0 Å². The first-order chi connectivity index (χ1) is 8.31. The van der Waals surface area contributed by atoms with Crippen molar-refractivity contribution in [1.29, 1.82) is 0 Å². The third-order valence-corrected chi connectivity index (χ3v) is 3.41. The van der Waals surface area contributed by atoms with Crippen LogP contribution in [0.4, 0.5) is 0 Å². The lowest BCUT2D eigenvalue weighted by atomic mass is 10.1. The summed E-state index contributed by atoms with van der Waals surface area (Å²) in [4.78, 5) is 5.94. The van der Waals surface area contributed by atoms with Crippen molar-refractivity contribution in [2.45, 2.75) is 31.5 Å². The molecule has 0 amide bonds. The molecule has 2 N–H and O–H groups in total. The first kappa shape index (κ1) is 10.5. The molecule has 3 rings (SSSR count). The van der Waals surface area contributed by atoms with Crippen molar-refractivity contribution in [3.05, 3.63) is 30.1 Å². The molecule has 0 radical (unpaired) electrons. The fourth-order valence-electron chi connectivity index (χ4n) is 2.47. The normalized spacial score (nSPS) is 28.1. The third kappa shape index (κ3) is 1.67. The Labute approximate surface area is 100 Å². The summed E-state index contributed by atoms with van der Waals surface area (Å²) >= 11 is 0. The molecular formula is C12H16N4O. The van der Waals surface area contributed by atoms with E-state index in [2.05, 4.69) is 15.5 Å². The van der Waals surface area contributed by atoms with Gasteiger partial charge in [0.1, 0.15) is 5.84 Å².